The van der Waals surface area contributed by atoms with Crippen LogP contribution in [-0.4, -0.2) is 84.0 Å². The molecule has 10 nitrogen and oxygen atoms in total. The van der Waals surface area contributed by atoms with Crippen LogP contribution in [0.4, 0.5) is 33.2 Å². The number of alkyl halides is 1. The first-order valence-electron chi connectivity index (χ1n) is 14.6. The van der Waals surface area contributed by atoms with Gasteiger partial charge in [-0.2, -0.15) is 10.1 Å². The molecule has 2 aliphatic heterocycles. The van der Waals surface area contributed by atoms with E-state index in [0.717, 1.165) is 52.9 Å². The lowest BCUT2D eigenvalue weighted by molar-refractivity contribution is 0.136. The highest BCUT2D eigenvalue weighted by atomic mass is 79.9. The molecule has 1 fully saturated rings. The van der Waals surface area contributed by atoms with Crippen LogP contribution in [0.3, 0.4) is 0 Å². The van der Waals surface area contributed by atoms with E-state index in [-0.39, 0.29) is 6.04 Å². The highest BCUT2D eigenvalue weighted by Gasteiger charge is 2.36. The molecule has 4 heterocycles. The van der Waals surface area contributed by atoms with Crippen LogP contribution in [0.5, 0.6) is 5.75 Å². The molecule has 232 valence electrons. The minimum atomic E-state index is -2.54. The van der Waals surface area contributed by atoms with Gasteiger partial charge in [0, 0.05) is 73.2 Å². The Morgan fingerprint density at radius 1 is 1.07 bits per heavy atom. The molecule has 2 aromatic heterocycles. The molecule has 1 saturated heterocycles. The van der Waals surface area contributed by atoms with E-state index in [0.29, 0.717) is 40.8 Å². The van der Waals surface area contributed by atoms with Gasteiger partial charge in [0.25, 0.3) is 0 Å². The lowest BCUT2D eigenvalue weighted by Gasteiger charge is -2.41. The maximum Gasteiger partial charge on any atom is 0.229 e. The number of aryl methyl sites for hydroxylation is 1. The first kappa shape index (κ1) is 30.6. The Morgan fingerprint density at radius 2 is 1.86 bits per heavy atom. The van der Waals surface area contributed by atoms with Crippen LogP contribution in [0.15, 0.2) is 53.3 Å². The Hall–Kier alpha value is -3.47. The van der Waals surface area contributed by atoms with Crippen molar-refractivity contribution in [2.24, 2.45) is 7.05 Å². The molecule has 0 aliphatic carbocycles. The highest BCUT2D eigenvalue weighted by Crippen LogP contribution is 2.45. The summed E-state index contributed by atoms with van der Waals surface area (Å²) >= 11 is 3.55. The van der Waals surface area contributed by atoms with Crippen molar-refractivity contribution >= 4 is 57.2 Å². The topological polar surface area (TPSA) is 100 Å². The summed E-state index contributed by atoms with van der Waals surface area (Å²) in [6, 6.07) is 11.3. The van der Waals surface area contributed by atoms with E-state index in [4.69, 9.17) is 9.72 Å². The molecule has 0 amide bonds. The Labute approximate surface area is 265 Å². The molecule has 0 saturated carbocycles. The fraction of sp³-hybridized carbons (Fsp3) is 0.387. The number of piperidine rings is 1. The molecule has 2 unspecified atom stereocenters. The Morgan fingerprint density at radius 3 is 2.61 bits per heavy atom. The van der Waals surface area contributed by atoms with Crippen molar-refractivity contribution in [1.82, 2.24) is 24.6 Å². The second kappa shape index (κ2) is 12.1. The maximum atomic E-state index is 15.5. The van der Waals surface area contributed by atoms with Crippen LogP contribution in [-0.2, 0) is 18.0 Å². The number of ether oxygens (including phenoxy) is 1. The van der Waals surface area contributed by atoms with Gasteiger partial charge >= 0.3 is 0 Å². The Kier molecular flexibility index (Phi) is 8.43. The number of hydrogen-bond acceptors (Lipinski definition) is 9. The summed E-state index contributed by atoms with van der Waals surface area (Å²) in [7, 11) is 3.00. The van der Waals surface area contributed by atoms with Crippen LogP contribution >= 0.6 is 23.1 Å². The number of fused-ring (bicyclic) bond motifs is 3. The van der Waals surface area contributed by atoms with E-state index in [1.807, 2.05) is 61.4 Å². The molecule has 0 bridgehead atoms. The van der Waals surface area contributed by atoms with Crippen molar-refractivity contribution in [3.8, 4) is 16.9 Å². The Balaban J connectivity index is 1.39. The minimum absolute atomic E-state index is 0.233. The quantitative estimate of drug-likeness (QED) is 0.235. The first-order valence-corrected chi connectivity index (χ1v) is 18.0. The number of hydrogen-bond donors (Lipinski definition) is 2. The number of benzene rings is 2. The van der Waals surface area contributed by atoms with Crippen LogP contribution < -0.4 is 25.6 Å². The number of nitrogens with one attached hydrogen (secondary N) is 2. The number of rotatable bonds is 7. The summed E-state index contributed by atoms with van der Waals surface area (Å²) in [5, 5.41) is 12.0. The molecule has 2 aromatic carbocycles. The fourth-order valence-corrected chi connectivity index (χ4v) is 7.62. The summed E-state index contributed by atoms with van der Waals surface area (Å²) < 4.78 is 36.9. The van der Waals surface area contributed by atoms with E-state index >= 15 is 4.39 Å². The number of halogens is 2. The zero-order valence-electron chi connectivity index (χ0n) is 25.5. The van der Waals surface area contributed by atoms with Crippen molar-refractivity contribution in [2.75, 3.05) is 62.7 Å². The third-order valence-corrected chi connectivity index (χ3v) is 10.5. The lowest BCUT2D eigenvalue weighted by atomic mass is 9.98. The smallest absolute Gasteiger partial charge is 0.229 e. The van der Waals surface area contributed by atoms with Gasteiger partial charge < -0.3 is 29.7 Å². The van der Waals surface area contributed by atoms with Crippen molar-refractivity contribution in [2.45, 2.75) is 25.1 Å². The van der Waals surface area contributed by atoms with Gasteiger partial charge in [0.1, 0.15) is 24.9 Å². The molecule has 0 spiro atoms. The Bertz CT molecular complexity index is 1740. The summed E-state index contributed by atoms with van der Waals surface area (Å²) in [5.41, 5.74) is 5.38. The van der Waals surface area contributed by atoms with Gasteiger partial charge in [-0.15, -0.1) is 0 Å². The van der Waals surface area contributed by atoms with Gasteiger partial charge in [0.15, 0.2) is 0 Å². The van der Waals surface area contributed by atoms with Gasteiger partial charge in [0.05, 0.1) is 35.2 Å². The number of nitrogens with zero attached hydrogens (tertiary/aromatic N) is 6. The van der Waals surface area contributed by atoms with Crippen LogP contribution in [0, 0.1) is 0 Å². The average molecular weight is 684 g/mol. The van der Waals surface area contributed by atoms with Gasteiger partial charge in [-0.05, 0) is 60.9 Å². The summed E-state index contributed by atoms with van der Waals surface area (Å²) in [5.74, 6) is 1.46. The van der Waals surface area contributed by atoms with Crippen LogP contribution in [0.2, 0.25) is 0 Å². The van der Waals surface area contributed by atoms with Crippen LogP contribution in [0.25, 0.3) is 11.1 Å². The van der Waals surface area contributed by atoms with E-state index in [1.165, 1.54) is 0 Å². The van der Waals surface area contributed by atoms with E-state index in [1.54, 1.807) is 26.6 Å². The highest BCUT2D eigenvalue weighted by molar-refractivity contribution is 9.10. The predicted molar refractivity (Wildman–Crippen MR) is 179 cm³/mol. The summed E-state index contributed by atoms with van der Waals surface area (Å²) in [4.78, 5) is 13.5. The first-order chi connectivity index (χ1) is 21.0. The minimum Gasteiger partial charge on any atom is -0.494 e. The summed E-state index contributed by atoms with van der Waals surface area (Å²) in [6.45, 7) is 5.43. The number of likely N-dealkylation sites (tertiary alicyclic amines) is 1. The maximum absolute atomic E-state index is 15.5. The number of methoxy groups -OCH3 is 1. The zero-order valence-corrected chi connectivity index (χ0v) is 28.0. The van der Waals surface area contributed by atoms with Gasteiger partial charge in [0.2, 0.25) is 5.95 Å². The molecule has 4 aromatic rings. The van der Waals surface area contributed by atoms with Crippen molar-refractivity contribution < 1.29 is 13.7 Å². The lowest BCUT2D eigenvalue weighted by Crippen LogP contribution is -2.52. The average Bonchev–Trinajstić information content (AvgIpc) is 3.27. The monoisotopic (exact) mass is 682 g/mol. The SMILES string of the molecule is COc1cc2c(cc1Nc1ncc(Br)c(Nc3ccccc3P(C)(C)=O)n1)-c1cnn(C)c1CCN2C1CCN(C)CC1F. The number of para-hydroxylation sites is 1. The van der Waals surface area contributed by atoms with Crippen molar-refractivity contribution in [3.05, 3.63) is 59.0 Å². The molecular weight excluding hydrogens is 646 g/mol. The van der Waals surface area contributed by atoms with Gasteiger partial charge in [-0.1, -0.05) is 12.1 Å². The van der Waals surface area contributed by atoms with E-state index < -0.39 is 13.3 Å². The third kappa shape index (κ3) is 5.95. The number of anilines is 5. The van der Waals surface area contributed by atoms with Gasteiger partial charge in [-0.25, -0.2) is 9.37 Å². The molecule has 0 radical (unpaired) electrons. The van der Waals surface area contributed by atoms with E-state index in [2.05, 4.69) is 46.4 Å². The van der Waals surface area contributed by atoms with Crippen LogP contribution in [0.1, 0.15) is 12.1 Å². The molecule has 13 heteroatoms. The molecular formula is C31H37BrFN8O2P. The zero-order chi connectivity index (χ0) is 31.2. The van der Waals surface area contributed by atoms with Crippen molar-refractivity contribution in [3.63, 3.8) is 0 Å². The standard InChI is InChI=1S/C31H37BrFN8O2P/c1-39-12-10-26(22(33)18-39)41-13-11-25-20(16-35-40(25)2)19-14-24(28(43-3)15-27(19)41)37-31-34-17-21(32)30(38-31)36-23-8-6-7-9-29(23)44(4,5)42/h6-9,14-17,22,26H,10-13,18H2,1-5H3,(H2,34,36,37,38). The summed E-state index contributed by atoms with van der Waals surface area (Å²) in [6.07, 6.45) is 4.07. The second-order valence-corrected chi connectivity index (χ2v) is 15.8. The van der Waals surface area contributed by atoms with E-state index in [9.17, 15) is 4.57 Å². The molecule has 2 N–H and O–H groups in total. The normalized spacial score (nSPS) is 18.8. The van der Waals surface area contributed by atoms with Crippen molar-refractivity contribution in [1.29, 1.82) is 0 Å². The largest absolute Gasteiger partial charge is 0.494 e. The molecule has 6 rings (SSSR count). The fourth-order valence-electron chi connectivity index (χ4n) is 6.17. The molecule has 44 heavy (non-hydrogen) atoms. The molecule has 2 atom stereocenters. The third-order valence-electron chi connectivity index (χ3n) is 8.41. The van der Waals surface area contributed by atoms with Gasteiger partial charge in [-0.3, -0.25) is 4.68 Å². The molecule has 2 aliphatic rings. The predicted octanol–water partition coefficient (Wildman–Crippen LogP) is 5.79. The second-order valence-electron chi connectivity index (χ2n) is 11.8. The number of aromatic nitrogens is 4.